The highest BCUT2D eigenvalue weighted by Gasteiger charge is 2.12. The molecule has 2 amide bonds. The van der Waals surface area contributed by atoms with E-state index in [-0.39, 0.29) is 0 Å². The van der Waals surface area contributed by atoms with E-state index in [1.54, 1.807) is 31.2 Å². The molecule has 0 saturated heterocycles. The molecule has 25 heavy (non-hydrogen) atoms. The fourth-order valence-corrected chi connectivity index (χ4v) is 2.34. The van der Waals surface area contributed by atoms with Crippen molar-refractivity contribution < 1.29 is 19.2 Å². The number of furan rings is 1. The first-order valence-electron chi connectivity index (χ1n) is 7.75. The summed E-state index contributed by atoms with van der Waals surface area (Å²) in [5, 5.41) is 12.1. The van der Waals surface area contributed by atoms with Crippen molar-refractivity contribution >= 4 is 22.9 Å². The molecule has 0 bridgehead atoms. The molecule has 1 unspecified atom stereocenters. The van der Waals surface area contributed by atoms with Crippen LogP contribution in [0.4, 0.5) is 4.79 Å². The van der Waals surface area contributed by atoms with Gasteiger partial charge in [0.2, 0.25) is 0 Å². The van der Waals surface area contributed by atoms with Crippen LogP contribution < -0.4 is 10.5 Å². The molecule has 0 radical (unpaired) electrons. The first-order valence-corrected chi connectivity index (χ1v) is 7.75. The molecule has 6 nitrogen and oxygen atoms in total. The van der Waals surface area contributed by atoms with Gasteiger partial charge in [-0.2, -0.15) is 5.06 Å². The van der Waals surface area contributed by atoms with Crippen molar-refractivity contribution in [3.63, 3.8) is 0 Å². The number of benzene rings is 2. The first kappa shape index (κ1) is 16.6. The van der Waals surface area contributed by atoms with Gasteiger partial charge in [-0.3, -0.25) is 5.21 Å². The predicted octanol–water partition coefficient (Wildman–Crippen LogP) is 4.40. The Morgan fingerprint density at radius 2 is 1.96 bits per heavy atom. The van der Waals surface area contributed by atoms with Crippen molar-refractivity contribution in [1.82, 2.24) is 5.06 Å². The van der Waals surface area contributed by atoms with Gasteiger partial charge >= 0.3 is 6.03 Å². The Labute approximate surface area is 144 Å². The minimum absolute atomic E-state index is 0.346. The van der Waals surface area contributed by atoms with Gasteiger partial charge in [-0.05, 0) is 42.0 Å². The number of hydroxylamine groups is 2. The Kier molecular flexibility index (Phi) is 4.72. The number of carbonyl (C=O) groups is 1. The summed E-state index contributed by atoms with van der Waals surface area (Å²) >= 11 is 0. The fourth-order valence-electron chi connectivity index (χ4n) is 2.34. The summed E-state index contributed by atoms with van der Waals surface area (Å²) in [6.07, 6.45) is 3.22. The number of hydrogen-bond donors (Lipinski definition) is 2. The zero-order valence-corrected chi connectivity index (χ0v) is 13.6. The SMILES string of the molecule is CC(C=Cc1ccc(Oc2ccc3ccccc3c2)o1)N(O)C(N)=O. The van der Waals surface area contributed by atoms with E-state index in [1.165, 1.54) is 0 Å². The lowest BCUT2D eigenvalue weighted by Gasteiger charge is -2.16. The van der Waals surface area contributed by atoms with E-state index in [9.17, 15) is 10.0 Å². The molecule has 1 aromatic heterocycles. The van der Waals surface area contributed by atoms with Crippen molar-refractivity contribution in [2.75, 3.05) is 0 Å². The van der Waals surface area contributed by atoms with E-state index in [0.717, 1.165) is 10.8 Å². The van der Waals surface area contributed by atoms with Crippen LogP contribution in [0, 0.1) is 0 Å². The molecule has 0 aliphatic carbocycles. The number of primary amides is 1. The highest BCUT2D eigenvalue weighted by Crippen LogP contribution is 2.27. The first-order chi connectivity index (χ1) is 12.0. The summed E-state index contributed by atoms with van der Waals surface area (Å²) in [5.41, 5.74) is 5.00. The van der Waals surface area contributed by atoms with Crippen LogP contribution in [0.3, 0.4) is 0 Å². The lowest BCUT2D eigenvalue weighted by atomic mass is 10.1. The van der Waals surface area contributed by atoms with E-state index in [0.29, 0.717) is 22.5 Å². The van der Waals surface area contributed by atoms with Crippen LogP contribution in [0.25, 0.3) is 16.8 Å². The highest BCUT2D eigenvalue weighted by atomic mass is 16.6. The maximum Gasteiger partial charge on any atom is 0.339 e. The van der Waals surface area contributed by atoms with Gasteiger partial charge in [0.1, 0.15) is 11.5 Å². The Morgan fingerprint density at radius 3 is 2.72 bits per heavy atom. The zero-order valence-electron chi connectivity index (χ0n) is 13.6. The molecule has 3 N–H and O–H groups in total. The van der Waals surface area contributed by atoms with Crippen LogP contribution in [-0.2, 0) is 0 Å². The molecule has 0 fully saturated rings. The van der Waals surface area contributed by atoms with Crippen LogP contribution in [-0.4, -0.2) is 22.3 Å². The van der Waals surface area contributed by atoms with Gasteiger partial charge in [-0.25, -0.2) is 4.79 Å². The second-order valence-electron chi connectivity index (χ2n) is 5.55. The minimum atomic E-state index is -0.920. The van der Waals surface area contributed by atoms with E-state index in [2.05, 4.69) is 0 Å². The van der Waals surface area contributed by atoms with Gasteiger partial charge in [-0.1, -0.05) is 36.4 Å². The lowest BCUT2D eigenvalue weighted by molar-refractivity contribution is -0.0560. The van der Waals surface area contributed by atoms with Gasteiger partial charge in [0.05, 0.1) is 6.04 Å². The normalized spacial score (nSPS) is 12.4. The molecule has 2 aromatic carbocycles. The van der Waals surface area contributed by atoms with Gasteiger partial charge in [0.15, 0.2) is 0 Å². The van der Waals surface area contributed by atoms with Crippen molar-refractivity contribution in [1.29, 1.82) is 0 Å². The maximum absolute atomic E-state index is 10.9. The summed E-state index contributed by atoms with van der Waals surface area (Å²) in [7, 11) is 0. The standard InChI is InChI=1S/C19H18N2O4/c1-13(21(23)19(20)22)6-8-16-10-11-18(24-16)25-17-9-7-14-4-2-3-5-15(14)12-17/h2-13,23H,1H3,(H2,20,22). The van der Waals surface area contributed by atoms with Gasteiger partial charge < -0.3 is 14.9 Å². The summed E-state index contributed by atoms with van der Waals surface area (Å²) in [5.74, 6) is 1.55. The number of rotatable bonds is 5. The second-order valence-corrected chi connectivity index (χ2v) is 5.55. The molecule has 0 spiro atoms. The van der Waals surface area contributed by atoms with Crippen LogP contribution in [0.15, 0.2) is 65.1 Å². The van der Waals surface area contributed by atoms with E-state index < -0.39 is 12.1 Å². The topological polar surface area (TPSA) is 88.9 Å². The maximum atomic E-state index is 10.9. The molecule has 3 rings (SSSR count). The van der Waals surface area contributed by atoms with E-state index in [4.69, 9.17) is 14.9 Å². The number of nitrogens with two attached hydrogens (primary N) is 1. The lowest BCUT2D eigenvalue weighted by Crippen LogP contribution is -2.38. The van der Waals surface area contributed by atoms with Crippen LogP contribution >= 0.6 is 0 Å². The molecule has 0 saturated carbocycles. The van der Waals surface area contributed by atoms with Crippen molar-refractivity contribution in [2.24, 2.45) is 5.73 Å². The van der Waals surface area contributed by atoms with Crippen molar-refractivity contribution in [3.8, 4) is 11.7 Å². The molecular formula is C19H18N2O4. The third-order valence-electron chi connectivity index (χ3n) is 3.69. The smallest absolute Gasteiger partial charge is 0.339 e. The second kappa shape index (κ2) is 7.11. The summed E-state index contributed by atoms with van der Waals surface area (Å²) in [6, 6.07) is 15.7. The highest BCUT2D eigenvalue weighted by molar-refractivity contribution is 5.83. The van der Waals surface area contributed by atoms with Crippen molar-refractivity contribution in [2.45, 2.75) is 13.0 Å². The third-order valence-corrected chi connectivity index (χ3v) is 3.69. The van der Waals surface area contributed by atoms with Gasteiger partial charge in [0.25, 0.3) is 5.95 Å². The quantitative estimate of drug-likeness (QED) is 0.533. The van der Waals surface area contributed by atoms with Crippen molar-refractivity contribution in [3.05, 3.63) is 66.4 Å². The summed E-state index contributed by atoms with van der Waals surface area (Å²) in [6.45, 7) is 1.62. The van der Waals surface area contributed by atoms with Crippen LogP contribution in [0.5, 0.6) is 11.7 Å². The average molecular weight is 338 g/mol. The van der Waals surface area contributed by atoms with Crippen LogP contribution in [0.1, 0.15) is 12.7 Å². The van der Waals surface area contributed by atoms with E-state index in [1.807, 2.05) is 42.5 Å². The van der Waals surface area contributed by atoms with Gasteiger partial charge in [0, 0.05) is 6.07 Å². The zero-order chi connectivity index (χ0) is 17.8. The Balaban J connectivity index is 1.69. The predicted molar refractivity (Wildman–Crippen MR) is 94.4 cm³/mol. The number of urea groups is 1. The molecule has 3 aromatic rings. The molecular weight excluding hydrogens is 320 g/mol. The fraction of sp³-hybridized carbons (Fsp3) is 0.105. The Bertz CT molecular complexity index is 916. The molecule has 1 heterocycles. The summed E-state index contributed by atoms with van der Waals surface area (Å²) < 4.78 is 11.3. The Hall–Kier alpha value is -3.25. The summed E-state index contributed by atoms with van der Waals surface area (Å²) in [4.78, 5) is 10.9. The van der Waals surface area contributed by atoms with Crippen LogP contribution in [0.2, 0.25) is 0 Å². The average Bonchev–Trinajstić information content (AvgIpc) is 3.06. The largest absolute Gasteiger partial charge is 0.426 e. The molecule has 1 atom stereocenters. The molecule has 6 heteroatoms. The van der Waals surface area contributed by atoms with Gasteiger partial charge in [-0.15, -0.1) is 0 Å². The third kappa shape index (κ3) is 3.99. The molecule has 0 aliphatic rings. The monoisotopic (exact) mass is 338 g/mol. The molecule has 0 aliphatic heterocycles. The minimum Gasteiger partial charge on any atom is -0.426 e. The number of fused-ring (bicyclic) bond motifs is 1. The number of amides is 2. The Morgan fingerprint density at radius 1 is 1.20 bits per heavy atom. The number of ether oxygens (including phenoxy) is 1. The van der Waals surface area contributed by atoms with E-state index >= 15 is 0 Å². The number of carbonyl (C=O) groups excluding carboxylic acids is 1. The number of hydrogen-bond acceptors (Lipinski definition) is 4. The number of nitrogens with zero attached hydrogens (tertiary/aromatic N) is 1. The molecule has 128 valence electrons.